The Kier molecular flexibility index (Phi) is 2.02. The standard InChI is InChI=1S/C6H6Se3/c7-6-8-4-2-1-3-5(4)9-6/h1-3H2. The van der Waals surface area contributed by atoms with E-state index >= 15 is 0 Å². The van der Waals surface area contributed by atoms with Crippen LogP contribution in [0.5, 0.6) is 0 Å². The van der Waals surface area contributed by atoms with Crippen molar-refractivity contribution in [1.82, 2.24) is 0 Å². The molecule has 0 spiro atoms. The molecule has 0 amide bonds. The monoisotopic (exact) mass is 318 g/mol. The minimum absolute atomic E-state index is 0.797. The van der Waals surface area contributed by atoms with Crippen LogP contribution in [0.4, 0.5) is 0 Å². The molecule has 0 bridgehead atoms. The van der Waals surface area contributed by atoms with Gasteiger partial charge in [-0.3, -0.25) is 0 Å². The van der Waals surface area contributed by atoms with Crippen molar-refractivity contribution in [1.29, 1.82) is 0 Å². The Hall–Kier alpha value is 1.17. The van der Waals surface area contributed by atoms with E-state index in [9.17, 15) is 0 Å². The second-order valence-corrected chi connectivity index (χ2v) is 11.6. The van der Waals surface area contributed by atoms with Gasteiger partial charge in [0.25, 0.3) is 0 Å². The van der Waals surface area contributed by atoms with E-state index in [4.69, 9.17) is 0 Å². The SMILES string of the molecule is [Se]=c1[se]c2c([se]1)CCC2. The van der Waals surface area contributed by atoms with E-state index in [2.05, 4.69) is 15.6 Å². The summed E-state index contributed by atoms with van der Waals surface area (Å²) in [6.07, 6.45) is 4.33. The summed E-state index contributed by atoms with van der Waals surface area (Å²) in [6, 6.07) is 0. The molecule has 0 nitrogen and oxygen atoms in total. The summed E-state index contributed by atoms with van der Waals surface area (Å²) in [4.78, 5) is 0. The van der Waals surface area contributed by atoms with Crippen LogP contribution in [0, 0.1) is 1.81 Å². The Labute approximate surface area is 74.1 Å². The van der Waals surface area contributed by atoms with Gasteiger partial charge < -0.3 is 0 Å². The number of fused-ring (bicyclic) bond motifs is 1. The molecule has 0 saturated carbocycles. The number of hydrogen-bond donors (Lipinski definition) is 0. The maximum absolute atomic E-state index is 3.20. The van der Waals surface area contributed by atoms with Crippen LogP contribution in [0.15, 0.2) is 0 Å². The molecule has 0 aliphatic heterocycles. The third-order valence-electron chi connectivity index (χ3n) is 1.53. The molecule has 3 heteroatoms. The molecular formula is C6H6Se3. The van der Waals surface area contributed by atoms with Gasteiger partial charge in [-0.1, -0.05) is 0 Å². The molecule has 0 N–H and O–H groups in total. The van der Waals surface area contributed by atoms with Gasteiger partial charge in [-0.05, 0) is 0 Å². The Morgan fingerprint density at radius 2 is 1.67 bits per heavy atom. The molecule has 0 saturated heterocycles. The summed E-state index contributed by atoms with van der Waals surface area (Å²) in [5.74, 6) is 0. The molecule has 0 fully saturated rings. The second kappa shape index (κ2) is 2.66. The van der Waals surface area contributed by atoms with E-state index < -0.39 is 0 Å². The normalized spacial score (nSPS) is 16.0. The van der Waals surface area contributed by atoms with Crippen LogP contribution in [0.3, 0.4) is 0 Å². The summed E-state index contributed by atoms with van der Waals surface area (Å²) >= 11 is 4.79. The summed E-state index contributed by atoms with van der Waals surface area (Å²) in [5.41, 5.74) is 0. The molecule has 1 aromatic rings. The summed E-state index contributed by atoms with van der Waals surface area (Å²) in [7, 11) is 0. The molecule has 48 valence electrons. The van der Waals surface area contributed by atoms with Gasteiger partial charge in [0.15, 0.2) is 0 Å². The number of aryl methyl sites for hydroxylation is 2. The van der Waals surface area contributed by atoms with Crippen LogP contribution < -0.4 is 0 Å². The first-order chi connectivity index (χ1) is 4.36. The first-order valence-electron chi connectivity index (χ1n) is 2.98. The Morgan fingerprint density at radius 3 is 2.22 bits per heavy atom. The van der Waals surface area contributed by atoms with Gasteiger partial charge in [0.2, 0.25) is 0 Å². The van der Waals surface area contributed by atoms with Gasteiger partial charge in [-0.15, -0.1) is 0 Å². The van der Waals surface area contributed by atoms with Gasteiger partial charge in [0.1, 0.15) is 0 Å². The van der Waals surface area contributed by atoms with E-state index in [1.807, 2.05) is 8.87 Å². The van der Waals surface area contributed by atoms with Crippen LogP contribution >= 0.6 is 0 Å². The van der Waals surface area contributed by atoms with Crippen molar-refractivity contribution in [2.45, 2.75) is 19.3 Å². The average molecular weight is 315 g/mol. The van der Waals surface area contributed by atoms with E-state index in [1.54, 1.807) is 1.81 Å². The third kappa shape index (κ3) is 1.28. The summed E-state index contributed by atoms with van der Waals surface area (Å²) in [6.45, 7) is 0. The van der Waals surface area contributed by atoms with Crippen molar-refractivity contribution in [2.24, 2.45) is 0 Å². The Bertz CT molecular complexity index is 244. The number of rotatable bonds is 0. The number of hydrogen-bond acceptors (Lipinski definition) is 0. The van der Waals surface area contributed by atoms with Crippen LogP contribution in [-0.2, 0) is 12.8 Å². The Morgan fingerprint density at radius 1 is 1.11 bits per heavy atom. The topological polar surface area (TPSA) is 0 Å². The zero-order chi connectivity index (χ0) is 6.27. The van der Waals surface area contributed by atoms with Crippen LogP contribution in [0.25, 0.3) is 0 Å². The van der Waals surface area contributed by atoms with Crippen molar-refractivity contribution in [2.75, 3.05) is 0 Å². The van der Waals surface area contributed by atoms with Crippen molar-refractivity contribution in [3.8, 4) is 0 Å². The first-order valence-corrected chi connectivity index (χ1v) is 7.26. The molecule has 1 aliphatic rings. The van der Waals surface area contributed by atoms with Crippen molar-refractivity contribution >= 4 is 44.6 Å². The molecule has 1 heterocycles. The van der Waals surface area contributed by atoms with Crippen LogP contribution in [-0.4, -0.2) is 44.6 Å². The molecular weight excluding hydrogens is 309 g/mol. The van der Waals surface area contributed by atoms with E-state index in [-0.39, 0.29) is 0 Å². The van der Waals surface area contributed by atoms with Crippen molar-refractivity contribution in [3.63, 3.8) is 0 Å². The van der Waals surface area contributed by atoms with Crippen molar-refractivity contribution in [3.05, 3.63) is 10.7 Å². The quantitative estimate of drug-likeness (QED) is 0.591. The van der Waals surface area contributed by atoms with Gasteiger partial charge in [-0.25, -0.2) is 0 Å². The fourth-order valence-corrected chi connectivity index (χ4v) is 9.75. The predicted octanol–water partition coefficient (Wildman–Crippen LogP) is -0.0102. The maximum atomic E-state index is 3.20. The molecule has 9 heavy (non-hydrogen) atoms. The predicted molar refractivity (Wildman–Crippen MR) is 41.3 cm³/mol. The Balaban J connectivity index is 2.64. The molecule has 0 radical (unpaired) electrons. The molecule has 0 aromatic carbocycles. The van der Waals surface area contributed by atoms with Gasteiger partial charge in [-0.2, -0.15) is 0 Å². The fraction of sp³-hybridized carbons (Fsp3) is 0.500. The average Bonchev–Trinajstić information content (AvgIpc) is 2.22. The zero-order valence-corrected chi connectivity index (χ0v) is 9.99. The summed E-state index contributed by atoms with van der Waals surface area (Å²) < 4.78 is 5.38. The van der Waals surface area contributed by atoms with E-state index in [0.717, 1.165) is 29.0 Å². The molecule has 1 aromatic heterocycles. The minimum atomic E-state index is 0.797. The first kappa shape index (κ1) is 6.85. The van der Waals surface area contributed by atoms with Gasteiger partial charge in [0.05, 0.1) is 0 Å². The molecule has 2 rings (SSSR count). The van der Waals surface area contributed by atoms with Crippen molar-refractivity contribution < 1.29 is 0 Å². The molecule has 0 unspecified atom stereocenters. The third-order valence-corrected chi connectivity index (χ3v) is 9.44. The van der Waals surface area contributed by atoms with E-state index in [0.29, 0.717) is 0 Å². The zero-order valence-electron chi connectivity index (χ0n) is 4.85. The second-order valence-electron chi connectivity index (χ2n) is 2.15. The molecule has 1 aliphatic carbocycles. The van der Waals surface area contributed by atoms with Gasteiger partial charge >= 0.3 is 74.5 Å². The van der Waals surface area contributed by atoms with E-state index in [1.165, 1.54) is 19.3 Å². The summed E-state index contributed by atoms with van der Waals surface area (Å²) in [5, 5.41) is 0. The van der Waals surface area contributed by atoms with Crippen LogP contribution in [0.1, 0.15) is 15.3 Å². The molecule has 0 atom stereocenters. The van der Waals surface area contributed by atoms with Gasteiger partial charge in [0, 0.05) is 0 Å². The fourth-order valence-electron chi connectivity index (χ4n) is 1.13. The van der Waals surface area contributed by atoms with Crippen LogP contribution in [0.2, 0.25) is 0 Å².